The molecule has 80 valence electrons. The van der Waals surface area contributed by atoms with Crippen LogP contribution in [0, 0.1) is 0 Å². The summed E-state index contributed by atoms with van der Waals surface area (Å²) >= 11 is 0. The molecule has 0 rings (SSSR count). The van der Waals surface area contributed by atoms with Gasteiger partial charge in [0.05, 0.1) is 0 Å². The standard InChI is InChI=1S/2C2H5NO3.ClH/c2*4-2(5)1-3-6;/h2*3,6H,1H2,(H,4,5);1H. The molecule has 0 atom stereocenters. The number of aliphatic carboxylic acids is 2. The van der Waals surface area contributed by atoms with Gasteiger partial charge in [-0.1, -0.05) is 0 Å². The van der Waals surface area contributed by atoms with Gasteiger partial charge in [0.2, 0.25) is 0 Å². The van der Waals surface area contributed by atoms with Gasteiger partial charge in [-0.2, -0.15) is 11.0 Å². The van der Waals surface area contributed by atoms with Crippen molar-refractivity contribution in [3.63, 3.8) is 0 Å². The van der Waals surface area contributed by atoms with Gasteiger partial charge < -0.3 is 20.6 Å². The zero-order chi connectivity index (χ0) is 9.98. The number of rotatable bonds is 4. The topological polar surface area (TPSA) is 139 Å². The highest BCUT2D eigenvalue weighted by molar-refractivity contribution is 5.85. The second-order valence-corrected chi connectivity index (χ2v) is 1.46. The number of carboxylic acid groups (broad SMARTS) is 2. The zero-order valence-corrected chi connectivity index (χ0v) is 7.24. The van der Waals surface area contributed by atoms with E-state index in [4.69, 9.17) is 20.6 Å². The van der Waals surface area contributed by atoms with Crippen LogP contribution in [0.1, 0.15) is 0 Å². The molecule has 0 saturated carbocycles. The lowest BCUT2D eigenvalue weighted by Crippen LogP contribution is -2.17. The Morgan fingerprint density at radius 1 is 0.923 bits per heavy atom. The molecule has 13 heavy (non-hydrogen) atoms. The van der Waals surface area contributed by atoms with Gasteiger partial charge in [0.15, 0.2) is 0 Å². The summed E-state index contributed by atoms with van der Waals surface area (Å²) in [4.78, 5) is 18.8. The minimum Gasteiger partial charge on any atom is -0.480 e. The molecule has 9 heteroatoms. The van der Waals surface area contributed by atoms with Crippen LogP contribution < -0.4 is 11.0 Å². The fourth-order valence-corrected chi connectivity index (χ4v) is 0.135. The van der Waals surface area contributed by atoms with Gasteiger partial charge in [-0.25, -0.2) is 0 Å². The third-order valence-electron chi connectivity index (χ3n) is 0.461. The van der Waals surface area contributed by atoms with Crippen molar-refractivity contribution in [2.45, 2.75) is 0 Å². The molecule has 6 N–H and O–H groups in total. The number of hydroxylamine groups is 2. The van der Waals surface area contributed by atoms with Crippen molar-refractivity contribution in [2.75, 3.05) is 13.1 Å². The Morgan fingerprint density at radius 2 is 1.15 bits per heavy atom. The molecule has 0 heterocycles. The lowest BCUT2D eigenvalue weighted by Gasteiger charge is -1.83. The molecular formula is C4H11ClN2O6. The van der Waals surface area contributed by atoms with E-state index in [9.17, 15) is 9.59 Å². The van der Waals surface area contributed by atoms with Crippen LogP contribution in [-0.4, -0.2) is 45.7 Å². The summed E-state index contributed by atoms with van der Waals surface area (Å²) in [5, 5.41) is 30.6. The lowest BCUT2D eigenvalue weighted by molar-refractivity contribution is -0.138. The number of hydrogen-bond acceptors (Lipinski definition) is 6. The van der Waals surface area contributed by atoms with Crippen molar-refractivity contribution in [3.8, 4) is 0 Å². The summed E-state index contributed by atoms with van der Waals surface area (Å²) in [5.74, 6) is -2.14. The number of carbonyl (C=O) groups is 2. The molecule has 0 bridgehead atoms. The average Bonchev–Trinajstić information content (AvgIpc) is 1.87. The summed E-state index contributed by atoms with van der Waals surface area (Å²) in [6, 6.07) is 0. The third-order valence-corrected chi connectivity index (χ3v) is 0.461. The first-order valence-electron chi connectivity index (χ1n) is 2.72. The normalized spacial score (nSPS) is 7.54. The Bertz CT molecular complexity index is 127. The van der Waals surface area contributed by atoms with Crippen LogP contribution in [0.5, 0.6) is 0 Å². The van der Waals surface area contributed by atoms with E-state index < -0.39 is 25.0 Å². The lowest BCUT2D eigenvalue weighted by atomic mass is 10.7. The first-order valence-corrected chi connectivity index (χ1v) is 2.72. The van der Waals surface area contributed by atoms with Crippen molar-refractivity contribution >= 4 is 24.3 Å². The first-order chi connectivity index (χ1) is 5.54. The van der Waals surface area contributed by atoms with E-state index in [0.29, 0.717) is 0 Å². The van der Waals surface area contributed by atoms with Crippen molar-refractivity contribution in [3.05, 3.63) is 0 Å². The molecule has 0 amide bonds. The number of nitrogens with one attached hydrogen (secondary N) is 2. The fraction of sp³-hybridized carbons (Fsp3) is 0.500. The molecule has 0 unspecified atom stereocenters. The van der Waals surface area contributed by atoms with Gasteiger partial charge >= 0.3 is 11.9 Å². The SMILES string of the molecule is Cl.O=C(O)CNO.O=C(O)CNO. The largest absolute Gasteiger partial charge is 0.480 e. The first kappa shape index (κ1) is 18.0. The maximum Gasteiger partial charge on any atom is 0.319 e. The molecular weight excluding hydrogens is 208 g/mol. The maximum atomic E-state index is 9.38. The Balaban J connectivity index is -0.000000143. The minimum atomic E-state index is -1.07. The molecule has 0 fully saturated rings. The Labute approximate surface area is 79.5 Å². The van der Waals surface area contributed by atoms with E-state index >= 15 is 0 Å². The van der Waals surface area contributed by atoms with Gasteiger partial charge in [-0.3, -0.25) is 9.59 Å². The molecule has 0 aliphatic carbocycles. The van der Waals surface area contributed by atoms with Crippen LogP contribution in [0.4, 0.5) is 0 Å². The van der Waals surface area contributed by atoms with E-state index in [0.717, 1.165) is 0 Å². The molecule has 0 saturated heterocycles. The Morgan fingerprint density at radius 3 is 1.15 bits per heavy atom. The van der Waals surface area contributed by atoms with E-state index in [2.05, 4.69) is 0 Å². The van der Waals surface area contributed by atoms with E-state index in [1.165, 1.54) is 11.0 Å². The maximum absolute atomic E-state index is 9.38. The van der Waals surface area contributed by atoms with Crippen LogP contribution in [0.2, 0.25) is 0 Å². The number of hydrogen-bond donors (Lipinski definition) is 6. The number of carboxylic acids is 2. The summed E-state index contributed by atoms with van der Waals surface area (Å²) in [7, 11) is 0. The molecule has 8 nitrogen and oxygen atoms in total. The summed E-state index contributed by atoms with van der Waals surface area (Å²) < 4.78 is 0. The summed E-state index contributed by atoms with van der Waals surface area (Å²) in [6.45, 7) is -0.806. The predicted octanol–water partition coefficient (Wildman–Crippen LogP) is -1.48. The molecule has 0 aromatic carbocycles. The fourth-order valence-electron chi connectivity index (χ4n) is 0.135. The van der Waals surface area contributed by atoms with Gasteiger partial charge in [0.25, 0.3) is 0 Å². The van der Waals surface area contributed by atoms with E-state index in [1.54, 1.807) is 0 Å². The van der Waals surface area contributed by atoms with Gasteiger partial charge in [0, 0.05) is 0 Å². The van der Waals surface area contributed by atoms with Crippen LogP contribution in [0.3, 0.4) is 0 Å². The van der Waals surface area contributed by atoms with Crippen molar-refractivity contribution in [1.29, 1.82) is 0 Å². The zero-order valence-electron chi connectivity index (χ0n) is 6.43. The van der Waals surface area contributed by atoms with E-state index in [1.807, 2.05) is 0 Å². The van der Waals surface area contributed by atoms with Gasteiger partial charge in [-0.05, 0) is 0 Å². The third kappa shape index (κ3) is 35.4. The van der Waals surface area contributed by atoms with E-state index in [-0.39, 0.29) is 12.4 Å². The predicted molar refractivity (Wildman–Crippen MR) is 42.1 cm³/mol. The van der Waals surface area contributed by atoms with Gasteiger partial charge in [-0.15, -0.1) is 12.4 Å². The second-order valence-electron chi connectivity index (χ2n) is 1.46. The van der Waals surface area contributed by atoms with Crippen LogP contribution >= 0.6 is 12.4 Å². The van der Waals surface area contributed by atoms with Crippen LogP contribution in [0.25, 0.3) is 0 Å². The summed E-state index contributed by atoms with van der Waals surface area (Å²) in [6.07, 6.45) is 0. The summed E-state index contributed by atoms with van der Waals surface area (Å²) in [5.41, 5.74) is 2.94. The van der Waals surface area contributed by atoms with Crippen LogP contribution in [0.15, 0.2) is 0 Å². The quantitative estimate of drug-likeness (QED) is 0.314. The Hall–Kier alpha value is -0.930. The highest BCUT2D eigenvalue weighted by Crippen LogP contribution is 1.51. The second kappa shape index (κ2) is 13.6. The highest BCUT2D eigenvalue weighted by atomic mass is 35.5. The van der Waals surface area contributed by atoms with Crippen molar-refractivity contribution in [2.24, 2.45) is 0 Å². The van der Waals surface area contributed by atoms with Crippen molar-refractivity contribution in [1.82, 2.24) is 11.0 Å². The minimum absolute atomic E-state index is 0. The molecule has 0 aliphatic rings. The molecule has 0 aliphatic heterocycles. The van der Waals surface area contributed by atoms with Crippen molar-refractivity contribution < 1.29 is 30.2 Å². The number of halogens is 1. The molecule has 0 aromatic rings. The molecule has 0 aromatic heterocycles. The molecule has 0 spiro atoms. The average molecular weight is 219 g/mol. The Kier molecular flexibility index (Phi) is 18.9. The molecule has 0 radical (unpaired) electrons. The smallest absolute Gasteiger partial charge is 0.319 e. The monoisotopic (exact) mass is 218 g/mol. The van der Waals surface area contributed by atoms with Crippen LogP contribution in [-0.2, 0) is 9.59 Å². The van der Waals surface area contributed by atoms with Gasteiger partial charge in [0.1, 0.15) is 13.1 Å². The highest BCUT2D eigenvalue weighted by Gasteiger charge is 1.88.